The van der Waals surface area contributed by atoms with Crippen LogP contribution in [0.15, 0.2) is 0 Å². The molecule has 18 heavy (non-hydrogen) atoms. The first kappa shape index (κ1) is 17.9. The first-order valence-corrected chi connectivity index (χ1v) is 6.97. The van der Waals surface area contributed by atoms with Gasteiger partial charge < -0.3 is 14.6 Å². The van der Waals surface area contributed by atoms with Crippen LogP contribution < -0.4 is 0 Å². The van der Waals surface area contributed by atoms with E-state index in [2.05, 4.69) is 20.8 Å². The second-order valence-corrected chi connectivity index (χ2v) is 7.04. The molecular weight excluding hydrogens is 228 g/mol. The summed E-state index contributed by atoms with van der Waals surface area (Å²) in [5.74, 6) is -1.25. The molecule has 110 valence electrons. The minimum Gasteiger partial charge on any atom is -0.372 e. The van der Waals surface area contributed by atoms with E-state index in [9.17, 15) is 5.11 Å². The van der Waals surface area contributed by atoms with Gasteiger partial charge in [0.25, 0.3) is 0 Å². The third kappa shape index (κ3) is 6.72. The second-order valence-electron chi connectivity index (χ2n) is 7.04. The Kier molecular flexibility index (Phi) is 6.31. The molecule has 0 amide bonds. The molecule has 0 aliphatic heterocycles. The van der Waals surface area contributed by atoms with Gasteiger partial charge in [0.05, 0.1) is 12.2 Å². The van der Waals surface area contributed by atoms with Crippen molar-refractivity contribution in [2.45, 2.75) is 85.7 Å². The molecule has 3 heteroatoms. The van der Waals surface area contributed by atoms with E-state index >= 15 is 0 Å². The Morgan fingerprint density at radius 3 is 1.83 bits per heavy atom. The van der Waals surface area contributed by atoms with Gasteiger partial charge in [0, 0.05) is 0 Å². The zero-order chi connectivity index (χ0) is 14.6. The van der Waals surface area contributed by atoms with E-state index in [4.69, 9.17) is 9.47 Å². The molecule has 0 rings (SSSR count). The van der Waals surface area contributed by atoms with Gasteiger partial charge in [0.1, 0.15) is 6.10 Å². The van der Waals surface area contributed by atoms with Gasteiger partial charge in [-0.1, -0.05) is 34.6 Å². The van der Waals surface area contributed by atoms with E-state index in [-0.39, 0.29) is 17.1 Å². The fourth-order valence-electron chi connectivity index (χ4n) is 1.70. The summed E-state index contributed by atoms with van der Waals surface area (Å²) >= 11 is 0. The molecule has 0 bridgehead atoms. The molecular formula is C15H32O3. The highest BCUT2D eigenvalue weighted by atomic mass is 16.7. The van der Waals surface area contributed by atoms with Crippen LogP contribution in [0.5, 0.6) is 0 Å². The molecule has 3 nitrogen and oxygen atoms in total. The molecule has 2 unspecified atom stereocenters. The number of aliphatic hydroxyl groups is 1. The Morgan fingerprint density at radius 2 is 1.50 bits per heavy atom. The lowest BCUT2D eigenvalue weighted by Crippen LogP contribution is -2.49. The summed E-state index contributed by atoms with van der Waals surface area (Å²) in [6.45, 7) is 16.7. The Bertz CT molecular complexity index is 239. The van der Waals surface area contributed by atoms with Crippen LogP contribution in [0.3, 0.4) is 0 Å². The highest BCUT2D eigenvalue weighted by Crippen LogP contribution is 2.28. The number of hydrogen-bond acceptors (Lipinski definition) is 3. The molecule has 2 atom stereocenters. The molecule has 0 aliphatic rings. The maximum atomic E-state index is 10.5. The normalized spacial score (nSPS) is 18.5. The van der Waals surface area contributed by atoms with Gasteiger partial charge in [-0.2, -0.15) is 0 Å². The van der Waals surface area contributed by atoms with E-state index in [1.807, 2.05) is 27.7 Å². The molecule has 0 aromatic heterocycles. The maximum absolute atomic E-state index is 10.5. The summed E-state index contributed by atoms with van der Waals surface area (Å²) in [6.07, 6.45) is 1.27. The van der Waals surface area contributed by atoms with Crippen LogP contribution in [0, 0.1) is 5.41 Å². The zero-order valence-corrected chi connectivity index (χ0v) is 13.5. The monoisotopic (exact) mass is 260 g/mol. The van der Waals surface area contributed by atoms with Crippen molar-refractivity contribution in [2.24, 2.45) is 5.41 Å². The molecule has 0 aromatic rings. The third-order valence-corrected chi connectivity index (χ3v) is 3.02. The van der Waals surface area contributed by atoms with Crippen LogP contribution in [0.2, 0.25) is 0 Å². The number of ether oxygens (including phenoxy) is 2. The van der Waals surface area contributed by atoms with Crippen LogP contribution in [0.1, 0.15) is 68.2 Å². The quantitative estimate of drug-likeness (QED) is 0.709. The van der Waals surface area contributed by atoms with Crippen LogP contribution >= 0.6 is 0 Å². The first-order valence-electron chi connectivity index (χ1n) is 6.97. The van der Waals surface area contributed by atoms with Crippen molar-refractivity contribution in [3.8, 4) is 0 Å². The molecule has 1 N–H and O–H groups in total. The minimum atomic E-state index is -1.25. The van der Waals surface area contributed by atoms with Crippen molar-refractivity contribution in [1.29, 1.82) is 0 Å². The van der Waals surface area contributed by atoms with E-state index in [1.165, 1.54) is 0 Å². The molecule has 0 spiro atoms. The third-order valence-electron chi connectivity index (χ3n) is 3.02. The summed E-state index contributed by atoms with van der Waals surface area (Å²) in [4.78, 5) is 0. The van der Waals surface area contributed by atoms with Gasteiger partial charge in [-0.3, -0.25) is 0 Å². The molecule has 0 aromatic carbocycles. The van der Waals surface area contributed by atoms with Crippen molar-refractivity contribution < 1.29 is 14.6 Å². The predicted molar refractivity (Wildman–Crippen MR) is 75.6 cm³/mol. The van der Waals surface area contributed by atoms with Crippen LogP contribution in [-0.4, -0.2) is 29.2 Å². The van der Waals surface area contributed by atoms with Crippen molar-refractivity contribution in [2.75, 3.05) is 6.61 Å². The molecule has 0 radical (unpaired) electrons. The van der Waals surface area contributed by atoms with Crippen molar-refractivity contribution >= 4 is 0 Å². The minimum absolute atomic E-state index is 0.0871. The van der Waals surface area contributed by atoms with E-state index in [0.29, 0.717) is 6.61 Å². The molecule has 0 aliphatic carbocycles. The Labute approximate surface area is 113 Å². The number of hydrogen-bond donors (Lipinski definition) is 1. The molecule has 0 heterocycles. The Balaban J connectivity index is 4.61. The van der Waals surface area contributed by atoms with Crippen LogP contribution in [-0.2, 0) is 9.47 Å². The average molecular weight is 260 g/mol. The lowest BCUT2D eigenvalue weighted by molar-refractivity contribution is -0.299. The van der Waals surface area contributed by atoms with Gasteiger partial charge in [-0.15, -0.1) is 0 Å². The highest BCUT2D eigenvalue weighted by molar-refractivity contribution is 4.79. The van der Waals surface area contributed by atoms with Crippen LogP contribution in [0.4, 0.5) is 0 Å². The lowest BCUT2D eigenvalue weighted by Gasteiger charge is -2.39. The van der Waals surface area contributed by atoms with E-state index in [1.54, 1.807) is 6.92 Å². The van der Waals surface area contributed by atoms with Crippen molar-refractivity contribution in [3.63, 3.8) is 0 Å². The summed E-state index contributed by atoms with van der Waals surface area (Å²) < 4.78 is 11.7. The topological polar surface area (TPSA) is 38.7 Å². The van der Waals surface area contributed by atoms with Gasteiger partial charge in [-0.25, -0.2) is 0 Å². The predicted octanol–water partition coefficient (Wildman–Crippen LogP) is 3.74. The largest absolute Gasteiger partial charge is 0.372 e. The zero-order valence-electron chi connectivity index (χ0n) is 13.5. The van der Waals surface area contributed by atoms with E-state index < -0.39 is 5.79 Å². The van der Waals surface area contributed by atoms with Crippen molar-refractivity contribution in [3.05, 3.63) is 0 Å². The average Bonchev–Trinajstić information content (AvgIpc) is 2.14. The summed E-state index contributed by atoms with van der Waals surface area (Å²) in [5.41, 5.74) is -0.258. The second kappa shape index (κ2) is 6.36. The fourth-order valence-corrected chi connectivity index (χ4v) is 1.70. The Morgan fingerprint density at radius 1 is 1.00 bits per heavy atom. The standard InChI is InChI=1S/C15H32O3/c1-9-12(17-11-13(3,4)5)15(8,16)18-14(6,7)10-2/h12,16H,9-11H2,1-8H3. The summed E-state index contributed by atoms with van der Waals surface area (Å²) in [6, 6.07) is 0. The van der Waals surface area contributed by atoms with Crippen molar-refractivity contribution in [1.82, 2.24) is 0 Å². The maximum Gasteiger partial charge on any atom is 0.189 e. The van der Waals surface area contributed by atoms with Gasteiger partial charge >= 0.3 is 0 Å². The molecule has 0 saturated heterocycles. The van der Waals surface area contributed by atoms with Gasteiger partial charge in [0.15, 0.2) is 5.79 Å². The molecule has 0 fully saturated rings. The SMILES string of the molecule is CCC(OCC(C)(C)C)C(C)(O)OC(C)(C)CC. The van der Waals surface area contributed by atoms with Crippen LogP contribution in [0.25, 0.3) is 0 Å². The summed E-state index contributed by atoms with van der Waals surface area (Å²) in [5, 5.41) is 10.5. The van der Waals surface area contributed by atoms with Gasteiger partial charge in [0.2, 0.25) is 0 Å². The highest BCUT2D eigenvalue weighted by Gasteiger charge is 2.38. The number of rotatable bonds is 7. The summed E-state index contributed by atoms with van der Waals surface area (Å²) in [7, 11) is 0. The first-order chi connectivity index (χ1) is 7.93. The fraction of sp³-hybridized carbons (Fsp3) is 1.00. The Hall–Kier alpha value is -0.120. The van der Waals surface area contributed by atoms with Gasteiger partial charge in [-0.05, 0) is 39.0 Å². The molecule has 0 saturated carbocycles. The smallest absolute Gasteiger partial charge is 0.189 e. The van der Waals surface area contributed by atoms with E-state index in [0.717, 1.165) is 12.8 Å². The lowest BCUT2D eigenvalue weighted by atomic mass is 9.98.